The van der Waals surface area contributed by atoms with Gasteiger partial charge in [-0.05, 0) is 37.3 Å². The second-order valence-corrected chi connectivity index (χ2v) is 4.89. The lowest BCUT2D eigenvalue weighted by molar-refractivity contribution is -0.141. The van der Waals surface area contributed by atoms with Gasteiger partial charge in [-0.1, -0.05) is 0 Å². The lowest BCUT2D eigenvalue weighted by Crippen LogP contribution is -2.28. The zero-order valence-corrected chi connectivity index (χ0v) is 10.7. The van der Waals surface area contributed by atoms with Crippen LogP contribution in [0.4, 0.5) is 19.0 Å². The molecule has 0 bridgehead atoms. The van der Waals surface area contributed by atoms with Crippen molar-refractivity contribution >= 4 is 17.4 Å². The van der Waals surface area contributed by atoms with Gasteiger partial charge < -0.3 is 10.4 Å². The van der Waals surface area contributed by atoms with E-state index in [1.165, 1.54) is 0 Å². The minimum Gasteiger partial charge on any atom is -0.393 e. The van der Waals surface area contributed by atoms with Gasteiger partial charge in [0.2, 0.25) is 5.28 Å². The molecule has 1 aliphatic rings. The van der Waals surface area contributed by atoms with Crippen molar-refractivity contribution in [2.75, 3.05) is 5.32 Å². The monoisotopic (exact) mass is 295 g/mol. The van der Waals surface area contributed by atoms with Crippen molar-refractivity contribution < 1.29 is 18.3 Å². The maximum absolute atomic E-state index is 12.6. The molecule has 19 heavy (non-hydrogen) atoms. The SMILES string of the molecule is OC1CCC(Nc2cc(C(F)(F)F)nc(Cl)n2)CC1. The van der Waals surface area contributed by atoms with Gasteiger partial charge in [-0.3, -0.25) is 0 Å². The predicted octanol–water partition coefficient (Wildman–Crippen LogP) is 2.86. The van der Waals surface area contributed by atoms with E-state index in [0.717, 1.165) is 6.07 Å². The number of aliphatic hydroxyl groups excluding tert-OH is 1. The molecule has 0 aromatic carbocycles. The zero-order valence-electron chi connectivity index (χ0n) is 9.91. The van der Waals surface area contributed by atoms with Crippen molar-refractivity contribution in [2.45, 2.75) is 44.0 Å². The Kier molecular flexibility index (Phi) is 4.15. The zero-order chi connectivity index (χ0) is 14.0. The van der Waals surface area contributed by atoms with Crippen LogP contribution in [0.2, 0.25) is 5.28 Å². The minimum absolute atomic E-state index is 0.00421. The van der Waals surface area contributed by atoms with Gasteiger partial charge in [0.15, 0.2) is 5.69 Å². The van der Waals surface area contributed by atoms with Crippen molar-refractivity contribution in [1.82, 2.24) is 9.97 Å². The largest absolute Gasteiger partial charge is 0.433 e. The highest BCUT2D eigenvalue weighted by Gasteiger charge is 2.33. The van der Waals surface area contributed by atoms with Crippen molar-refractivity contribution in [2.24, 2.45) is 0 Å². The Morgan fingerprint density at radius 2 is 1.84 bits per heavy atom. The van der Waals surface area contributed by atoms with E-state index in [1.54, 1.807) is 0 Å². The number of alkyl halides is 3. The first kappa shape index (κ1) is 14.3. The van der Waals surface area contributed by atoms with Gasteiger partial charge in [0.05, 0.1) is 6.10 Å². The molecule has 1 aliphatic carbocycles. The molecule has 1 saturated carbocycles. The van der Waals surface area contributed by atoms with Crippen LogP contribution in [-0.2, 0) is 6.18 Å². The number of aliphatic hydroxyl groups is 1. The molecule has 0 amide bonds. The highest BCUT2D eigenvalue weighted by molar-refractivity contribution is 6.28. The fourth-order valence-corrected chi connectivity index (χ4v) is 2.25. The van der Waals surface area contributed by atoms with E-state index < -0.39 is 17.2 Å². The molecule has 0 atom stereocenters. The Bertz CT molecular complexity index is 447. The molecule has 2 N–H and O–H groups in total. The Hall–Kier alpha value is -1.08. The van der Waals surface area contributed by atoms with Crippen LogP contribution in [0.25, 0.3) is 0 Å². The molecule has 1 aromatic heterocycles. The van der Waals surface area contributed by atoms with Crippen molar-refractivity contribution in [3.8, 4) is 0 Å². The molecule has 1 aromatic rings. The second kappa shape index (κ2) is 5.50. The highest BCUT2D eigenvalue weighted by Crippen LogP contribution is 2.30. The van der Waals surface area contributed by atoms with Crippen LogP contribution < -0.4 is 5.32 Å². The van der Waals surface area contributed by atoms with E-state index >= 15 is 0 Å². The standard InChI is InChI=1S/C11H13ClF3N3O/c12-10-17-8(11(13,14)15)5-9(18-10)16-6-1-3-7(19)4-2-6/h5-7,19H,1-4H2,(H,16,17,18). The molecule has 0 unspecified atom stereocenters. The van der Waals surface area contributed by atoms with Crippen LogP contribution >= 0.6 is 11.6 Å². The molecular formula is C11H13ClF3N3O. The summed E-state index contributed by atoms with van der Waals surface area (Å²) in [7, 11) is 0. The molecule has 8 heteroatoms. The number of anilines is 1. The first-order valence-electron chi connectivity index (χ1n) is 5.91. The van der Waals surface area contributed by atoms with Crippen molar-refractivity contribution in [3.63, 3.8) is 0 Å². The third-order valence-electron chi connectivity index (χ3n) is 3.04. The summed E-state index contributed by atoms with van der Waals surface area (Å²) in [5.41, 5.74) is -1.06. The Balaban J connectivity index is 2.10. The summed E-state index contributed by atoms with van der Waals surface area (Å²) in [6.07, 6.45) is -2.25. The first-order valence-corrected chi connectivity index (χ1v) is 6.29. The van der Waals surface area contributed by atoms with Gasteiger partial charge in [0.25, 0.3) is 0 Å². The Morgan fingerprint density at radius 1 is 1.21 bits per heavy atom. The lowest BCUT2D eigenvalue weighted by Gasteiger charge is -2.26. The third kappa shape index (κ3) is 3.94. The van der Waals surface area contributed by atoms with E-state index in [9.17, 15) is 18.3 Å². The number of hydrogen-bond donors (Lipinski definition) is 2. The van der Waals surface area contributed by atoms with E-state index in [2.05, 4.69) is 15.3 Å². The van der Waals surface area contributed by atoms with Crippen LogP contribution in [0.5, 0.6) is 0 Å². The summed E-state index contributed by atoms with van der Waals surface area (Å²) in [6.45, 7) is 0. The van der Waals surface area contributed by atoms with Gasteiger partial charge in [-0.15, -0.1) is 0 Å². The fourth-order valence-electron chi connectivity index (χ4n) is 2.07. The van der Waals surface area contributed by atoms with Crippen LogP contribution in [-0.4, -0.2) is 27.2 Å². The molecular weight excluding hydrogens is 283 g/mol. The molecule has 0 aliphatic heterocycles. The molecule has 1 fully saturated rings. The highest BCUT2D eigenvalue weighted by atomic mass is 35.5. The number of halogens is 4. The van der Waals surface area contributed by atoms with Crippen LogP contribution in [0.1, 0.15) is 31.4 Å². The van der Waals surface area contributed by atoms with Gasteiger partial charge in [0.1, 0.15) is 5.82 Å². The van der Waals surface area contributed by atoms with Crippen molar-refractivity contribution in [3.05, 3.63) is 17.0 Å². The molecule has 1 heterocycles. The van der Waals surface area contributed by atoms with Gasteiger partial charge >= 0.3 is 6.18 Å². The van der Waals surface area contributed by atoms with E-state index in [4.69, 9.17) is 11.6 Å². The molecule has 4 nitrogen and oxygen atoms in total. The lowest BCUT2D eigenvalue weighted by atomic mass is 9.93. The van der Waals surface area contributed by atoms with Gasteiger partial charge in [-0.2, -0.15) is 13.2 Å². The number of rotatable bonds is 2. The first-order chi connectivity index (χ1) is 8.84. The fraction of sp³-hybridized carbons (Fsp3) is 0.636. The van der Waals surface area contributed by atoms with Gasteiger partial charge in [-0.25, -0.2) is 9.97 Å². The Morgan fingerprint density at radius 3 is 2.42 bits per heavy atom. The molecule has 0 spiro atoms. The topological polar surface area (TPSA) is 58.0 Å². The average molecular weight is 296 g/mol. The summed E-state index contributed by atoms with van der Waals surface area (Å²) in [6, 6.07) is 0.840. The summed E-state index contributed by atoms with van der Waals surface area (Å²) < 4.78 is 37.7. The van der Waals surface area contributed by atoms with Gasteiger partial charge in [0, 0.05) is 12.1 Å². The number of hydrogen-bond acceptors (Lipinski definition) is 4. The van der Waals surface area contributed by atoms with Crippen LogP contribution in [0.15, 0.2) is 6.07 Å². The van der Waals surface area contributed by atoms with Crippen molar-refractivity contribution in [1.29, 1.82) is 0 Å². The number of nitrogens with zero attached hydrogens (tertiary/aromatic N) is 2. The molecule has 0 saturated heterocycles. The minimum atomic E-state index is -4.55. The van der Waals surface area contributed by atoms with E-state index in [-0.39, 0.29) is 18.0 Å². The van der Waals surface area contributed by atoms with Crippen LogP contribution in [0, 0.1) is 0 Å². The Labute approximate surface area is 113 Å². The van der Waals surface area contributed by atoms with Crippen LogP contribution in [0.3, 0.4) is 0 Å². The molecule has 2 rings (SSSR count). The normalized spacial score (nSPS) is 24.3. The van der Waals surface area contributed by atoms with E-state index in [0.29, 0.717) is 25.7 Å². The summed E-state index contributed by atoms with van der Waals surface area (Å²) in [5.74, 6) is 0.0636. The second-order valence-electron chi connectivity index (χ2n) is 4.56. The quantitative estimate of drug-likeness (QED) is 0.824. The number of nitrogens with one attached hydrogen (secondary N) is 1. The number of aromatic nitrogens is 2. The third-order valence-corrected chi connectivity index (χ3v) is 3.21. The smallest absolute Gasteiger partial charge is 0.393 e. The summed E-state index contributed by atoms with van der Waals surface area (Å²) in [5, 5.41) is 11.8. The summed E-state index contributed by atoms with van der Waals surface area (Å²) in [4.78, 5) is 6.90. The predicted molar refractivity (Wildman–Crippen MR) is 63.9 cm³/mol. The maximum Gasteiger partial charge on any atom is 0.433 e. The molecule has 106 valence electrons. The summed E-state index contributed by atoms with van der Waals surface area (Å²) >= 11 is 5.49. The maximum atomic E-state index is 12.6. The average Bonchev–Trinajstić information content (AvgIpc) is 2.30. The van der Waals surface area contributed by atoms with E-state index in [1.807, 2.05) is 0 Å². The molecule has 0 radical (unpaired) electrons.